The Balaban J connectivity index is 1.27. The molecule has 0 heterocycles. The molecule has 0 unspecified atom stereocenters. The number of rotatable bonds is 5. The third-order valence-corrected chi connectivity index (χ3v) is 9.99. The van der Waals surface area contributed by atoms with Crippen molar-refractivity contribution in [3.05, 3.63) is 151 Å². The number of nitrogens with zero attached hydrogens (tertiary/aromatic N) is 4. The molecule has 0 N–H and O–H groups in total. The average molecular weight is 769 g/mol. The number of hydrogen-bond donors (Lipinski definition) is 0. The molecule has 10 heteroatoms. The van der Waals surface area contributed by atoms with Crippen molar-refractivity contribution in [2.24, 2.45) is 31.3 Å². The summed E-state index contributed by atoms with van der Waals surface area (Å²) in [6, 6.07) is 21.4. The van der Waals surface area contributed by atoms with Crippen LogP contribution >= 0.6 is 46.4 Å². The minimum absolute atomic E-state index is 0.00581. The van der Waals surface area contributed by atoms with Crippen molar-refractivity contribution >= 4 is 80.5 Å². The lowest BCUT2D eigenvalue weighted by molar-refractivity contribution is 0.1000. The van der Waals surface area contributed by atoms with Gasteiger partial charge in [0.25, 0.3) is 0 Å². The average Bonchev–Trinajstić information content (AvgIpc) is 3.08. The number of hydrogen-bond acceptors (Lipinski definition) is 6. The first kappa shape index (κ1) is 37.3. The maximum atomic E-state index is 13.2. The van der Waals surface area contributed by atoms with E-state index in [-0.39, 0.29) is 22.4 Å². The molecule has 0 aliphatic heterocycles. The van der Waals surface area contributed by atoms with E-state index in [4.69, 9.17) is 46.4 Å². The van der Waals surface area contributed by atoms with Gasteiger partial charge in [-0.3, -0.25) is 9.59 Å². The van der Waals surface area contributed by atoms with E-state index >= 15 is 0 Å². The van der Waals surface area contributed by atoms with Crippen LogP contribution in [0.15, 0.2) is 129 Å². The molecule has 2 aliphatic rings. The summed E-state index contributed by atoms with van der Waals surface area (Å²) >= 11 is 26.8. The molecule has 0 atom stereocenters. The Hall–Kier alpha value is -4.46. The summed E-state index contributed by atoms with van der Waals surface area (Å²) in [5.41, 5.74) is 6.82. The molecule has 0 fully saturated rings. The molecule has 0 radical (unpaired) electrons. The van der Waals surface area contributed by atoms with Crippen LogP contribution in [0.1, 0.15) is 73.4 Å². The summed E-state index contributed by atoms with van der Waals surface area (Å²) in [5, 5.41) is 18.6. The number of fused-ring (bicyclic) bond motifs is 2. The summed E-state index contributed by atoms with van der Waals surface area (Å²) < 4.78 is 0. The maximum Gasteiger partial charge on any atom is 0.190 e. The number of benzene rings is 4. The van der Waals surface area contributed by atoms with Gasteiger partial charge in [-0.05, 0) is 58.4 Å². The fraction of sp³-hybridized carbons (Fsp3) is 0.190. The molecular weight excluding hydrogens is 734 g/mol. The number of halogens is 4. The summed E-state index contributed by atoms with van der Waals surface area (Å²) in [7, 11) is 0. The highest BCUT2D eigenvalue weighted by Gasteiger charge is 2.31. The van der Waals surface area contributed by atoms with Crippen LogP contribution in [0.4, 0.5) is 11.4 Å². The van der Waals surface area contributed by atoms with Gasteiger partial charge in [-0.1, -0.05) is 136 Å². The van der Waals surface area contributed by atoms with E-state index in [9.17, 15) is 9.59 Å². The highest BCUT2D eigenvalue weighted by atomic mass is 35.5. The molecule has 0 saturated heterocycles. The van der Waals surface area contributed by atoms with Gasteiger partial charge in [0.2, 0.25) is 0 Å². The second-order valence-corrected chi connectivity index (χ2v) is 16.2. The molecular formula is C42H34Cl4N4O2. The summed E-state index contributed by atoms with van der Waals surface area (Å²) in [5.74, 6) is 0.0116. The number of azo groups is 2. The first-order chi connectivity index (χ1) is 24.5. The number of ketones is 2. The van der Waals surface area contributed by atoms with Gasteiger partial charge < -0.3 is 0 Å². The Morgan fingerprint density at radius 1 is 0.481 bits per heavy atom. The number of carbonyl (C=O) groups is 2. The van der Waals surface area contributed by atoms with Crippen molar-refractivity contribution in [1.29, 1.82) is 0 Å². The molecule has 0 aromatic heterocycles. The van der Waals surface area contributed by atoms with Crippen LogP contribution in [0.2, 0.25) is 20.1 Å². The fourth-order valence-corrected chi connectivity index (χ4v) is 6.95. The second kappa shape index (κ2) is 14.5. The zero-order valence-electron chi connectivity index (χ0n) is 29.4. The van der Waals surface area contributed by atoms with Crippen molar-refractivity contribution in [2.75, 3.05) is 0 Å². The van der Waals surface area contributed by atoms with Gasteiger partial charge in [-0.25, -0.2) is 0 Å². The number of allylic oxidation sites excluding steroid dienone is 6. The highest BCUT2D eigenvalue weighted by Crippen LogP contribution is 2.44. The van der Waals surface area contributed by atoms with Crippen molar-refractivity contribution in [3.63, 3.8) is 0 Å². The smallest absolute Gasteiger partial charge is 0.190 e. The molecule has 4 aromatic rings. The van der Waals surface area contributed by atoms with Crippen molar-refractivity contribution in [1.82, 2.24) is 0 Å². The number of carbonyl (C=O) groups excluding carboxylic acids is 2. The van der Waals surface area contributed by atoms with Gasteiger partial charge >= 0.3 is 0 Å². The Kier molecular flexibility index (Phi) is 10.4. The van der Waals surface area contributed by atoms with E-state index in [0.29, 0.717) is 64.9 Å². The van der Waals surface area contributed by atoms with Gasteiger partial charge in [0.15, 0.2) is 11.6 Å². The first-order valence-corrected chi connectivity index (χ1v) is 18.0. The minimum Gasteiger partial charge on any atom is -0.289 e. The summed E-state index contributed by atoms with van der Waals surface area (Å²) in [4.78, 5) is 26.3. The van der Waals surface area contributed by atoms with E-state index in [1.54, 1.807) is 36.7 Å². The quantitative estimate of drug-likeness (QED) is 0.189. The second-order valence-electron chi connectivity index (χ2n) is 14.5. The van der Waals surface area contributed by atoms with Crippen molar-refractivity contribution in [2.45, 2.75) is 41.5 Å². The van der Waals surface area contributed by atoms with Gasteiger partial charge in [-0.2, -0.15) is 10.2 Å². The predicted molar refractivity (Wildman–Crippen MR) is 214 cm³/mol. The van der Waals surface area contributed by atoms with Crippen molar-refractivity contribution < 1.29 is 9.59 Å². The topological polar surface area (TPSA) is 83.6 Å². The standard InChI is InChI=1S/C42H34Cl4N4O2/c1-41(2,3)31-15-23(25-11-7-9-13-27(25)39(31)51)21-47-49-37-19-33(43)29(17-35(37)45)30-18-36(46)38(20-34(30)44)50-48-22-24-16-32(42(4,5)6)40(52)28-14-10-8-12-26(24)28/h7-22H,1-6H3/b23-21-,24-22-,49-47+,50-48+. The molecule has 2 aliphatic carbocycles. The molecule has 0 saturated carbocycles. The van der Waals surface area contributed by atoms with Crippen LogP contribution in [-0.2, 0) is 0 Å². The SMILES string of the molecule is CC(C)(C)C1=C/C(=C/N=N/c2cc(Cl)c(-c3cc(Cl)c(/N=N/C=C4/C=C(C(C)(C)C)C(=O)c5ccccc54)cc3Cl)cc2Cl)c2ccccc2C1=O. The van der Waals surface area contributed by atoms with Crippen LogP contribution in [0.25, 0.3) is 22.3 Å². The Morgan fingerprint density at radius 3 is 1.17 bits per heavy atom. The Labute approximate surface area is 323 Å². The van der Waals surface area contributed by atoms with E-state index in [0.717, 1.165) is 22.3 Å². The van der Waals surface area contributed by atoms with Crippen LogP contribution < -0.4 is 0 Å². The summed E-state index contributed by atoms with van der Waals surface area (Å²) in [6.45, 7) is 12.0. The minimum atomic E-state index is -0.352. The zero-order chi connectivity index (χ0) is 37.5. The monoisotopic (exact) mass is 766 g/mol. The molecule has 0 amide bonds. The zero-order valence-corrected chi connectivity index (χ0v) is 32.4. The van der Waals surface area contributed by atoms with E-state index in [1.807, 2.05) is 102 Å². The van der Waals surface area contributed by atoms with Gasteiger partial charge in [0.05, 0.1) is 32.5 Å². The van der Waals surface area contributed by atoms with Crippen LogP contribution in [-0.4, -0.2) is 11.6 Å². The van der Waals surface area contributed by atoms with E-state index < -0.39 is 0 Å². The largest absolute Gasteiger partial charge is 0.289 e. The Bertz CT molecular complexity index is 2190. The highest BCUT2D eigenvalue weighted by molar-refractivity contribution is 6.40. The van der Waals surface area contributed by atoms with Gasteiger partial charge in [0.1, 0.15) is 11.4 Å². The maximum absolute atomic E-state index is 13.2. The molecule has 0 bridgehead atoms. The normalized spacial score (nSPS) is 16.5. The molecule has 52 heavy (non-hydrogen) atoms. The van der Waals surface area contributed by atoms with Crippen LogP contribution in [0.3, 0.4) is 0 Å². The lowest BCUT2D eigenvalue weighted by Gasteiger charge is -2.27. The third kappa shape index (κ3) is 7.53. The molecule has 0 spiro atoms. The van der Waals surface area contributed by atoms with Gasteiger partial charge in [0, 0.05) is 44.5 Å². The first-order valence-electron chi connectivity index (χ1n) is 16.5. The van der Waals surface area contributed by atoms with Crippen LogP contribution in [0.5, 0.6) is 0 Å². The predicted octanol–water partition coefficient (Wildman–Crippen LogP) is 14.6. The van der Waals surface area contributed by atoms with Gasteiger partial charge in [-0.15, -0.1) is 10.2 Å². The van der Waals surface area contributed by atoms with E-state index in [2.05, 4.69) is 20.5 Å². The lowest BCUT2D eigenvalue weighted by Crippen LogP contribution is -2.22. The molecule has 4 aromatic carbocycles. The molecule has 6 nitrogen and oxygen atoms in total. The molecule has 6 rings (SSSR count). The lowest BCUT2D eigenvalue weighted by atomic mass is 9.76. The third-order valence-electron chi connectivity index (χ3n) is 8.76. The number of Topliss-reactive ketones (excluding diaryl/α,β-unsaturated/α-hetero) is 2. The van der Waals surface area contributed by atoms with E-state index in [1.165, 1.54) is 0 Å². The van der Waals surface area contributed by atoms with Crippen molar-refractivity contribution in [3.8, 4) is 11.1 Å². The molecule has 262 valence electrons. The summed E-state index contributed by atoms with van der Waals surface area (Å²) in [6.07, 6.45) is 6.96. The van der Waals surface area contributed by atoms with Crippen LogP contribution in [0, 0.1) is 10.8 Å². The Morgan fingerprint density at radius 2 is 0.827 bits per heavy atom. The fourth-order valence-electron chi connectivity index (χ4n) is 6.03.